The van der Waals surface area contributed by atoms with Crippen molar-refractivity contribution in [2.45, 2.75) is 13.8 Å². The Morgan fingerprint density at radius 3 is 2.71 bits per heavy atom. The van der Waals surface area contributed by atoms with Gasteiger partial charge in [-0.1, -0.05) is 5.16 Å². The molecule has 2 aromatic rings. The van der Waals surface area contributed by atoms with Crippen LogP contribution in [0.1, 0.15) is 16.8 Å². The first kappa shape index (κ1) is 15.2. The zero-order valence-electron chi connectivity index (χ0n) is 11.4. The second-order valence-electron chi connectivity index (χ2n) is 4.42. The zero-order valence-corrected chi connectivity index (χ0v) is 13.0. The van der Waals surface area contributed by atoms with Crippen LogP contribution in [-0.2, 0) is 0 Å². The molecule has 0 atom stereocenters. The first-order valence-electron chi connectivity index (χ1n) is 6.01. The van der Waals surface area contributed by atoms with Gasteiger partial charge in [0.2, 0.25) is 5.88 Å². The lowest BCUT2D eigenvalue weighted by Crippen LogP contribution is -2.17. The molecule has 1 aromatic carbocycles. The molecule has 0 aliphatic heterocycles. The van der Waals surface area contributed by atoms with Crippen LogP contribution < -0.4 is 10.5 Å². The SMILES string of the molecule is Cc1cc(C)c(C(N)=NO)c(Oc2ccc(Br)c(F)c2)n1. The number of aryl methyl sites for hydroxylation is 2. The number of rotatable bonds is 3. The predicted octanol–water partition coefficient (Wildman–Crippen LogP) is 3.49. The maximum absolute atomic E-state index is 13.5. The molecule has 0 amide bonds. The van der Waals surface area contributed by atoms with Gasteiger partial charge in [-0.15, -0.1) is 0 Å². The number of hydrogen-bond donors (Lipinski definition) is 2. The fourth-order valence-corrected chi connectivity index (χ4v) is 2.14. The largest absolute Gasteiger partial charge is 0.438 e. The molecule has 0 unspecified atom stereocenters. The van der Waals surface area contributed by atoms with E-state index in [1.54, 1.807) is 26.0 Å². The number of oxime groups is 1. The average molecular weight is 354 g/mol. The lowest BCUT2D eigenvalue weighted by Gasteiger charge is -2.13. The van der Waals surface area contributed by atoms with Crippen LogP contribution in [0.4, 0.5) is 4.39 Å². The van der Waals surface area contributed by atoms with E-state index in [2.05, 4.69) is 26.1 Å². The van der Waals surface area contributed by atoms with E-state index in [1.165, 1.54) is 12.1 Å². The standard InChI is InChI=1S/C14H13BrFN3O2/c1-7-5-8(2)18-14(12(7)13(17)19-20)21-9-3-4-10(15)11(16)6-9/h3-6,20H,1-2H3,(H2,17,19). The molecule has 0 spiro atoms. The third kappa shape index (κ3) is 3.30. The molecule has 0 bridgehead atoms. The van der Waals surface area contributed by atoms with Gasteiger partial charge in [0.25, 0.3) is 0 Å². The lowest BCUT2D eigenvalue weighted by molar-refractivity contribution is 0.318. The molecule has 3 N–H and O–H groups in total. The van der Waals surface area contributed by atoms with Crippen LogP contribution in [-0.4, -0.2) is 16.0 Å². The summed E-state index contributed by atoms with van der Waals surface area (Å²) in [7, 11) is 0. The number of amidine groups is 1. The lowest BCUT2D eigenvalue weighted by atomic mass is 10.1. The molecule has 7 heteroatoms. The minimum Gasteiger partial charge on any atom is -0.438 e. The molecular formula is C14H13BrFN3O2. The molecule has 110 valence electrons. The number of ether oxygens (including phenoxy) is 1. The summed E-state index contributed by atoms with van der Waals surface area (Å²) in [6, 6.07) is 6.11. The van der Waals surface area contributed by atoms with Gasteiger partial charge in [0, 0.05) is 11.8 Å². The average Bonchev–Trinajstić information content (AvgIpc) is 2.41. The van der Waals surface area contributed by atoms with Crippen LogP contribution in [0, 0.1) is 19.7 Å². The van der Waals surface area contributed by atoms with Crippen molar-refractivity contribution in [1.29, 1.82) is 0 Å². The van der Waals surface area contributed by atoms with Crippen LogP contribution in [0.5, 0.6) is 11.6 Å². The number of aromatic nitrogens is 1. The van der Waals surface area contributed by atoms with Crippen LogP contribution in [0.25, 0.3) is 0 Å². The van der Waals surface area contributed by atoms with E-state index < -0.39 is 5.82 Å². The fraction of sp³-hybridized carbons (Fsp3) is 0.143. The van der Waals surface area contributed by atoms with Crippen LogP contribution in [0.15, 0.2) is 33.9 Å². The Morgan fingerprint density at radius 1 is 1.38 bits per heavy atom. The van der Waals surface area contributed by atoms with Gasteiger partial charge < -0.3 is 15.7 Å². The van der Waals surface area contributed by atoms with Gasteiger partial charge in [0.05, 0.1) is 10.0 Å². The number of nitrogens with zero attached hydrogens (tertiary/aromatic N) is 2. The third-order valence-corrected chi connectivity index (χ3v) is 3.42. The van der Waals surface area contributed by atoms with E-state index in [9.17, 15) is 4.39 Å². The van der Waals surface area contributed by atoms with Crippen molar-refractivity contribution in [3.8, 4) is 11.6 Å². The Labute approximate surface area is 129 Å². The summed E-state index contributed by atoms with van der Waals surface area (Å²) < 4.78 is 19.4. The molecule has 0 fully saturated rings. The minimum absolute atomic E-state index is 0.118. The van der Waals surface area contributed by atoms with Crippen LogP contribution in [0.3, 0.4) is 0 Å². The molecule has 0 saturated heterocycles. The highest BCUT2D eigenvalue weighted by Crippen LogP contribution is 2.28. The van der Waals surface area contributed by atoms with Crippen molar-refractivity contribution < 1.29 is 14.3 Å². The normalized spacial score (nSPS) is 11.5. The third-order valence-electron chi connectivity index (χ3n) is 2.78. The molecular weight excluding hydrogens is 341 g/mol. The van der Waals surface area contributed by atoms with Crippen LogP contribution in [0.2, 0.25) is 0 Å². The van der Waals surface area contributed by atoms with Gasteiger partial charge in [0.1, 0.15) is 11.6 Å². The van der Waals surface area contributed by atoms with E-state index in [1.807, 2.05) is 0 Å². The molecule has 0 aliphatic rings. The Balaban J connectivity index is 2.50. The molecule has 0 saturated carbocycles. The highest BCUT2D eigenvalue weighted by atomic mass is 79.9. The summed E-state index contributed by atoms with van der Waals surface area (Å²) in [5, 5.41) is 11.8. The first-order chi connectivity index (χ1) is 9.92. The van der Waals surface area contributed by atoms with Gasteiger partial charge in [-0.3, -0.25) is 0 Å². The number of halogens is 2. The molecule has 1 heterocycles. The quantitative estimate of drug-likeness (QED) is 0.383. The van der Waals surface area contributed by atoms with Crippen molar-refractivity contribution in [2.75, 3.05) is 0 Å². The number of hydrogen-bond acceptors (Lipinski definition) is 4. The minimum atomic E-state index is -0.456. The monoisotopic (exact) mass is 353 g/mol. The summed E-state index contributed by atoms with van der Waals surface area (Å²) in [6.45, 7) is 3.58. The molecule has 0 radical (unpaired) electrons. The van der Waals surface area contributed by atoms with Gasteiger partial charge in [0.15, 0.2) is 5.84 Å². The fourth-order valence-electron chi connectivity index (χ4n) is 1.89. The number of pyridine rings is 1. The van der Waals surface area contributed by atoms with Crippen LogP contribution >= 0.6 is 15.9 Å². The van der Waals surface area contributed by atoms with E-state index in [0.717, 1.165) is 5.56 Å². The number of benzene rings is 1. The maximum atomic E-state index is 13.5. The smallest absolute Gasteiger partial charge is 0.230 e. The van der Waals surface area contributed by atoms with Crippen molar-refractivity contribution in [2.24, 2.45) is 10.9 Å². The van der Waals surface area contributed by atoms with E-state index in [0.29, 0.717) is 15.7 Å². The highest BCUT2D eigenvalue weighted by Gasteiger charge is 2.16. The highest BCUT2D eigenvalue weighted by molar-refractivity contribution is 9.10. The van der Waals surface area contributed by atoms with Gasteiger partial charge in [-0.05, 0) is 53.5 Å². The Kier molecular flexibility index (Phi) is 4.42. The van der Waals surface area contributed by atoms with E-state index >= 15 is 0 Å². The summed E-state index contributed by atoms with van der Waals surface area (Å²) >= 11 is 3.07. The summed E-state index contributed by atoms with van der Waals surface area (Å²) in [6.07, 6.45) is 0. The molecule has 2 rings (SSSR count). The molecule has 21 heavy (non-hydrogen) atoms. The van der Waals surface area contributed by atoms with Crippen molar-refractivity contribution in [3.63, 3.8) is 0 Å². The number of nitrogens with two attached hydrogens (primary N) is 1. The predicted molar refractivity (Wildman–Crippen MR) is 80.4 cm³/mol. The summed E-state index contributed by atoms with van der Waals surface area (Å²) in [4.78, 5) is 4.22. The zero-order chi connectivity index (χ0) is 15.6. The Hall–Kier alpha value is -2.15. The molecule has 0 aliphatic carbocycles. The molecule has 1 aromatic heterocycles. The second kappa shape index (κ2) is 6.09. The van der Waals surface area contributed by atoms with Gasteiger partial charge in [-0.2, -0.15) is 0 Å². The van der Waals surface area contributed by atoms with Crippen molar-refractivity contribution >= 4 is 21.8 Å². The second-order valence-corrected chi connectivity index (χ2v) is 5.28. The first-order valence-corrected chi connectivity index (χ1v) is 6.80. The summed E-state index contributed by atoms with van der Waals surface area (Å²) in [5.74, 6) is -0.153. The van der Waals surface area contributed by atoms with E-state index in [-0.39, 0.29) is 17.5 Å². The Bertz CT molecular complexity index is 720. The summed E-state index contributed by atoms with van der Waals surface area (Å²) in [5.41, 5.74) is 7.46. The van der Waals surface area contributed by atoms with Gasteiger partial charge in [-0.25, -0.2) is 9.37 Å². The van der Waals surface area contributed by atoms with E-state index in [4.69, 9.17) is 15.7 Å². The maximum Gasteiger partial charge on any atom is 0.230 e. The van der Waals surface area contributed by atoms with Crippen molar-refractivity contribution in [3.05, 3.63) is 51.4 Å². The van der Waals surface area contributed by atoms with Gasteiger partial charge >= 0.3 is 0 Å². The molecule has 5 nitrogen and oxygen atoms in total. The topological polar surface area (TPSA) is 80.7 Å². The van der Waals surface area contributed by atoms with Crippen molar-refractivity contribution in [1.82, 2.24) is 4.98 Å². The Morgan fingerprint density at radius 2 is 2.10 bits per heavy atom.